The Morgan fingerprint density at radius 3 is 2.62 bits per heavy atom. The standard InChI is InChI=1S/C15H24N4O2/c1-10(2)19-14(16-9-17-19)8-18-12-3-4-13(18)6-11(5-12)7-15(20)21/h9-13H,3-8H2,1-2H3,(H,20,21). The van der Waals surface area contributed by atoms with Crippen LogP contribution in [0.2, 0.25) is 0 Å². The second kappa shape index (κ2) is 5.75. The summed E-state index contributed by atoms with van der Waals surface area (Å²) < 4.78 is 1.99. The first-order valence-corrected chi connectivity index (χ1v) is 7.90. The van der Waals surface area contributed by atoms with Crippen LogP contribution in [0.1, 0.15) is 57.8 Å². The lowest BCUT2D eigenvalue weighted by atomic mass is 9.88. The Bertz CT molecular complexity index is 500. The van der Waals surface area contributed by atoms with Gasteiger partial charge < -0.3 is 5.11 Å². The van der Waals surface area contributed by atoms with Crippen LogP contribution in [-0.2, 0) is 11.3 Å². The average Bonchev–Trinajstić information content (AvgIpc) is 2.94. The van der Waals surface area contributed by atoms with Crippen LogP contribution in [0.5, 0.6) is 0 Å². The summed E-state index contributed by atoms with van der Waals surface area (Å²) in [6.07, 6.45) is 6.36. The molecule has 1 N–H and O–H groups in total. The van der Waals surface area contributed by atoms with Crippen molar-refractivity contribution in [1.29, 1.82) is 0 Å². The molecule has 6 nitrogen and oxygen atoms in total. The molecule has 2 atom stereocenters. The van der Waals surface area contributed by atoms with E-state index in [9.17, 15) is 4.79 Å². The minimum atomic E-state index is -0.660. The fourth-order valence-electron chi connectivity index (χ4n) is 4.04. The van der Waals surface area contributed by atoms with Gasteiger partial charge in [-0.1, -0.05) is 0 Å². The van der Waals surface area contributed by atoms with Crippen molar-refractivity contribution < 1.29 is 9.90 Å². The number of aromatic nitrogens is 3. The van der Waals surface area contributed by atoms with Gasteiger partial charge in [0.05, 0.1) is 6.54 Å². The van der Waals surface area contributed by atoms with Crippen LogP contribution in [0.15, 0.2) is 6.33 Å². The highest BCUT2D eigenvalue weighted by atomic mass is 16.4. The van der Waals surface area contributed by atoms with Crippen molar-refractivity contribution in [1.82, 2.24) is 19.7 Å². The molecule has 2 unspecified atom stereocenters. The third-order valence-electron chi connectivity index (χ3n) is 4.91. The Morgan fingerprint density at radius 2 is 2.05 bits per heavy atom. The quantitative estimate of drug-likeness (QED) is 0.899. The first-order chi connectivity index (χ1) is 10.0. The maximum atomic E-state index is 10.9. The summed E-state index contributed by atoms with van der Waals surface area (Å²) in [7, 11) is 0. The molecular formula is C15H24N4O2. The number of carboxylic acids is 1. The predicted octanol–water partition coefficient (Wildman–Crippen LogP) is 2.08. The minimum absolute atomic E-state index is 0.322. The number of fused-ring (bicyclic) bond motifs is 2. The first-order valence-electron chi connectivity index (χ1n) is 7.90. The number of hydrogen-bond acceptors (Lipinski definition) is 4. The van der Waals surface area contributed by atoms with Crippen LogP contribution in [0.25, 0.3) is 0 Å². The normalized spacial score (nSPS) is 29.2. The summed E-state index contributed by atoms with van der Waals surface area (Å²) in [6.45, 7) is 5.07. The minimum Gasteiger partial charge on any atom is -0.481 e. The Morgan fingerprint density at radius 1 is 1.38 bits per heavy atom. The van der Waals surface area contributed by atoms with E-state index in [1.165, 1.54) is 12.8 Å². The summed E-state index contributed by atoms with van der Waals surface area (Å²) in [6, 6.07) is 1.36. The van der Waals surface area contributed by atoms with Crippen molar-refractivity contribution >= 4 is 5.97 Å². The average molecular weight is 292 g/mol. The Hall–Kier alpha value is -1.43. The van der Waals surface area contributed by atoms with E-state index in [2.05, 4.69) is 28.8 Å². The highest BCUT2D eigenvalue weighted by molar-refractivity contribution is 5.67. The molecule has 3 heterocycles. The number of carbonyl (C=O) groups is 1. The van der Waals surface area contributed by atoms with E-state index in [0.717, 1.165) is 25.2 Å². The van der Waals surface area contributed by atoms with Gasteiger partial charge in [0.1, 0.15) is 12.2 Å². The number of hydrogen-bond donors (Lipinski definition) is 1. The zero-order valence-electron chi connectivity index (χ0n) is 12.8. The molecule has 1 aromatic heterocycles. The van der Waals surface area contributed by atoms with Crippen LogP contribution < -0.4 is 0 Å². The number of piperidine rings is 1. The van der Waals surface area contributed by atoms with E-state index >= 15 is 0 Å². The lowest BCUT2D eigenvalue weighted by Crippen LogP contribution is -2.43. The van der Waals surface area contributed by atoms with Gasteiger partial charge in [-0.3, -0.25) is 9.69 Å². The van der Waals surface area contributed by atoms with Gasteiger partial charge in [-0.15, -0.1) is 0 Å². The number of aliphatic carboxylic acids is 1. The Kier molecular flexibility index (Phi) is 3.97. The molecule has 2 aliphatic heterocycles. The zero-order valence-corrected chi connectivity index (χ0v) is 12.8. The topological polar surface area (TPSA) is 71.2 Å². The lowest BCUT2D eigenvalue weighted by molar-refractivity contribution is -0.138. The van der Waals surface area contributed by atoms with Crippen molar-refractivity contribution in [3.05, 3.63) is 12.2 Å². The van der Waals surface area contributed by atoms with Gasteiger partial charge in [0.25, 0.3) is 0 Å². The van der Waals surface area contributed by atoms with Crippen molar-refractivity contribution in [3.8, 4) is 0 Å². The first kappa shape index (κ1) is 14.5. The number of rotatable bonds is 5. The molecule has 21 heavy (non-hydrogen) atoms. The molecule has 6 heteroatoms. The van der Waals surface area contributed by atoms with Crippen molar-refractivity contribution in [2.75, 3.05) is 0 Å². The van der Waals surface area contributed by atoms with Gasteiger partial charge in [0, 0.05) is 24.5 Å². The third kappa shape index (κ3) is 2.95. The van der Waals surface area contributed by atoms with Crippen LogP contribution in [0.3, 0.4) is 0 Å². The SMILES string of the molecule is CC(C)n1ncnc1CN1C2CCC1CC(CC(=O)O)C2. The van der Waals surface area contributed by atoms with Crippen molar-refractivity contribution in [2.45, 2.75) is 70.6 Å². The molecule has 1 aromatic rings. The van der Waals surface area contributed by atoms with Crippen LogP contribution >= 0.6 is 0 Å². The summed E-state index contributed by atoms with van der Waals surface area (Å²) in [5.41, 5.74) is 0. The van der Waals surface area contributed by atoms with Crippen LogP contribution in [0, 0.1) is 5.92 Å². The molecule has 116 valence electrons. The fraction of sp³-hybridized carbons (Fsp3) is 0.800. The largest absolute Gasteiger partial charge is 0.481 e. The van der Waals surface area contributed by atoms with Gasteiger partial charge in [0.2, 0.25) is 0 Å². The third-order valence-corrected chi connectivity index (χ3v) is 4.91. The maximum Gasteiger partial charge on any atom is 0.303 e. The highest BCUT2D eigenvalue weighted by Crippen LogP contribution is 2.40. The van der Waals surface area contributed by atoms with E-state index in [-0.39, 0.29) is 0 Å². The van der Waals surface area contributed by atoms with Crippen molar-refractivity contribution in [2.24, 2.45) is 5.92 Å². The van der Waals surface area contributed by atoms with Crippen LogP contribution in [-0.4, -0.2) is 42.8 Å². The molecule has 0 amide bonds. The molecule has 0 aliphatic carbocycles. The molecule has 0 saturated carbocycles. The molecule has 2 aliphatic rings. The summed E-state index contributed by atoms with van der Waals surface area (Å²) in [5, 5.41) is 13.3. The summed E-state index contributed by atoms with van der Waals surface area (Å²) in [5.74, 6) is 0.713. The van der Waals surface area contributed by atoms with E-state index in [1.54, 1.807) is 6.33 Å². The molecule has 2 bridgehead atoms. The molecule has 0 spiro atoms. The van der Waals surface area contributed by atoms with E-state index in [1.807, 2.05) is 4.68 Å². The van der Waals surface area contributed by atoms with E-state index in [0.29, 0.717) is 30.5 Å². The molecular weight excluding hydrogens is 268 g/mol. The highest BCUT2D eigenvalue weighted by Gasteiger charge is 2.41. The lowest BCUT2D eigenvalue weighted by Gasteiger charge is -2.38. The molecule has 3 rings (SSSR count). The number of nitrogens with zero attached hydrogens (tertiary/aromatic N) is 4. The van der Waals surface area contributed by atoms with Gasteiger partial charge >= 0.3 is 5.97 Å². The zero-order chi connectivity index (χ0) is 15.0. The van der Waals surface area contributed by atoms with Gasteiger partial charge in [0.15, 0.2) is 0 Å². The predicted molar refractivity (Wildman–Crippen MR) is 77.7 cm³/mol. The second-order valence-electron chi connectivity index (χ2n) is 6.71. The molecule has 0 aromatic carbocycles. The molecule has 2 saturated heterocycles. The van der Waals surface area contributed by atoms with Gasteiger partial charge in [-0.05, 0) is 45.4 Å². The summed E-state index contributed by atoms with van der Waals surface area (Å²) in [4.78, 5) is 17.9. The Labute approximate surface area is 125 Å². The Balaban J connectivity index is 1.68. The second-order valence-corrected chi connectivity index (χ2v) is 6.71. The maximum absolute atomic E-state index is 10.9. The van der Waals surface area contributed by atoms with E-state index in [4.69, 9.17) is 5.11 Å². The van der Waals surface area contributed by atoms with E-state index < -0.39 is 5.97 Å². The fourth-order valence-corrected chi connectivity index (χ4v) is 4.04. The van der Waals surface area contributed by atoms with Crippen LogP contribution in [0.4, 0.5) is 0 Å². The monoisotopic (exact) mass is 292 g/mol. The summed E-state index contributed by atoms with van der Waals surface area (Å²) >= 11 is 0. The molecule has 0 radical (unpaired) electrons. The smallest absolute Gasteiger partial charge is 0.303 e. The van der Waals surface area contributed by atoms with Gasteiger partial charge in [-0.25, -0.2) is 9.67 Å². The molecule has 2 fully saturated rings. The van der Waals surface area contributed by atoms with Crippen molar-refractivity contribution in [3.63, 3.8) is 0 Å². The van der Waals surface area contributed by atoms with Gasteiger partial charge in [-0.2, -0.15) is 5.10 Å². The number of carboxylic acid groups (broad SMARTS) is 1.